The molecule has 0 atom stereocenters. The molecule has 2 rings (SSSR count). The van der Waals surface area contributed by atoms with Crippen LogP contribution in [0.3, 0.4) is 0 Å². The number of nitrogens with zero attached hydrogens (tertiary/aromatic N) is 2. The summed E-state index contributed by atoms with van der Waals surface area (Å²) >= 11 is 3.34. The maximum absolute atomic E-state index is 10.5. The molecule has 5 nitrogen and oxygen atoms in total. The van der Waals surface area contributed by atoms with Crippen molar-refractivity contribution < 1.29 is 14.6 Å². The van der Waals surface area contributed by atoms with Crippen molar-refractivity contribution in [3.05, 3.63) is 47.0 Å². The Bertz CT molecular complexity index is 558. The molecule has 6 heteroatoms. The predicted molar refractivity (Wildman–Crippen MR) is 67.6 cm³/mol. The van der Waals surface area contributed by atoms with Crippen molar-refractivity contribution in [2.24, 2.45) is 0 Å². The fraction of sp³-hybridized carbons (Fsp3) is 0.0833. The van der Waals surface area contributed by atoms with Crippen LogP contribution in [-0.4, -0.2) is 21.0 Å². The van der Waals surface area contributed by atoms with E-state index in [9.17, 15) is 4.79 Å². The van der Waals surface area contributed by atoms with E-state index in [1.807, 2.05) is 18.2 Å². The van der Waals surface area contributed by atoms with E-state index >= 15 is 0 Å². The number of hydrogen-bond acceptors (Lipinski definition) is 4. The van der Waals surface area contributed by atoms with E-state index in [1.165, 1.54) is 12.4 Å². The van der Waals surface area contributed by atoms with Gasteiger partial charge in [-0.15, -0.1) is 0 Å². The first-order valence-corrected chi connectivity index (χ1v) is 5.89. The number of benzene rings is 1. The first kappa shape index (κ1) is 12.5. The van der Waals surface area contributed by atoms with Gasteiger partial charge in [0.1, 0.15) is 18.0 Å². The lowest BCUT2D eigenvalue weighted by atomic mass is 10.3. The second-order valence-electron chi connectivity index (χ2n) is 3.46. The molecule has 92 valence electrons. The second-order valence-corrected chi connectivity index (χ2v) is 4.38. The lowest BCUT2D eigenvalue weighted by Crippen LogP contribution is -2.04. The number of carboxylic acids is 1. The topological polar surface area (TPSA) is 72.3 Å². The van der Waals surface area contributed by atoms with Crippen LogP contribution < -0.4 is 4.74 Å². The molecule has 0 aliphatic rings. The largest absolute Gasteiger partial charge is 0.481 e. The Balaban J connectivity index is 2.08. The Hall–Kier alpha value is -1.95. The van der Waals surface area contributed by atoms with E-state index in [0.717, 1.165) is 4.47 Å². The van der Waals surface area contributed by atoms with Gasteiger partial charge in [0.15, 0.2) is 5.75 Å². The van der Waals surface area contributed by atoms with Crippen molar-refractivity contribution in [1.82, 2.24) is 9.97 Å². The molecule has 1 heterocycles. The summed E-state index contributed by atoms with van der Waals surface area (Å²) in [5.41, 5.74) is 0. The molecule has 0 amide bonds. The van der Waals surface area contributed by atoms with Gasteiger partial charge in [-0.25, -0.2) is 9.97 Å². The number of carbonyl (C=O) groups is 1. The zero-order chi connectivity index (χ0) is 13.0. The van der Waals surface area contributed by atoms with E-state index < -0.39 is 5.97 Å². The van der Waals surface area contributed by atoms with Crippen LogP contribution in [-0.2, 0) is 11.2 Å². The van der Waals surface area contributed by atoms with E-state index in [2.05, 4.69) is 25.9 Å². The first-order valence-electron chi connectivity index (χ1n) is 5.09. The molecule has 1 aromatic heterocycles. The Morgan fingerprint density at radius 2 is 2.00 bits per heavy atom. The Labute approximate surface area is 112 Å². The third-order valence-electron chi connectivity index (χ3n) is 2.02. The van der Waals surface area contributed by atoms with Crippen LogP contribution in [0.1, 0.15) is 5.82 Å². The zero-order valence-corrected chi connectivity index (χ0v) is 10.8. The summed E-state index contributed by atoms with van der Waals surface area (Å²) < 4.78 is 6.42. The van der Waals surface area contributed by atoms with Crippen molar-refractivity contribution in [1.29, 1.82) is 0 Å². The summed E-state index contributed by atoms with van der Waals surface area (Å²) in [6.07, 6.45) is 2.70. The molecule has 18 heavy (non-hydrogen) atoms. The van der Waals surface area contributed by atoms with Gasteiger partial charge in [0.2, 0.25) is 0 Å². The van der Waals surface area contributed by atoms with Crippen LogP contribution in [0.5, 0.6) is 11.5 Å². The van der Waals surface area contributed by atoms with Crippen LogP contribution >= 0.6 is 15.9 Å². The van der Waals surface area contributed by atoms with Gasteiger partial charge in [0.25, 0.3) is 0 Å². The molecule has 0 saturated heterocycles. The van der Waals surface area contributed by atoms with E-state index in [-0.39, 0.29) is 12.2 Å². The zero-order valence-electron chi connectivity index (χ0n) is 9.21. The smallest absolute Gasteiger partial charge is 0.311 e. The molecule has 0 unspecified atom stereocenters. The quantitative estimate of drug-likeness (QED) is 0.940. The number of rotatable bonds is 4. The highest BCUT2D eigenvalue weighted by Crippen LogP contribution is 2.23. The molecule has 1 aromatic carbocycles. The molecule has 0 bridgehead atoms. The first-order chi connectivity index (χ1) is 8.63. The SMILES string of the molecule is O=C(O)Cc1ncc(Oc2cccc(Br)c2)cn1. The van der Waals surface area contributed by atoms with Gasteiger partial charge in [0, 0.05) is 4.47 Å². The number of carboxylic acid groups (broad SMARTS) is 1. The van der Waals surface area contributed by atoms with Crippen LogP contribution in [0.2, 0.25) is 0 Å². The molecule has 0 radical (unpaired) electrons. The predicted octanol–water partition coefficient (Wildman–Crippen LogP) is 2.66. The highest BCUT2D eigenvalue weighted by molar-refractivity contribution is 9.10. The average Bonchev–Trinajstić information content (AvgIpc) is 2.31. The van der Waals surface area contributed by atoms with Crippen LogP contribution in [0.25, 0.3) is 0 Å². The number of halogens is 1. The lowest BCUT2D eigenvalue weighted by Gasteiger charge is -2.05. The minimum atomic E-state index is -0.962. The van der Waals surface area contributed by atoms with E-state index in [1.54, 1.807) is 6.07 Å². The highest BCUT2D eigenvalue weighted by Gasteiger charge is 2.04. The summed E-state index contributed by atoms with van der Waals surface area (Å²) in [5.74, 6) is 0.404. The van der Waals surface area contributed by atoms with Gasteiger partial charge in [-0.05, 0) is 18.2 Å². The van der Waals surface area contributed by atoms with Gasteiger partial charge < -0.3 is 9.84 Å². The van der Waals surface area contributed by atoms with Crippen molar-refractivity contribution in [3.8, 4) is 11.5 Å². The van der Waals surface area contributed by atoms with E-state index in [0.29, 0.717) is 11.5 Å². The van der Waals surface area contributed by atoms with Crippen molar-refractivity contribution in [2.75, 3.05) is 0 Å². The Morgan fingerprint density at radius 1 is 1.28 bits per heavy atom. The summed E-state index contributed by atoms with van der Waals surface area (Å²) in [6, 6.07) is 7.35. The molecule has 0 spiro atoms. The fourth-order valence-corrected chi connectivity index (χ4v) is 1.67. The van der Waals surface area contributed by atoms with Crippen molar-refractivity contribution in [3.63, 3.8) is 0 Å². The average molecular weight is 309 g/mol. The molecule has 0 aliphatic heterocycles. The summed E-state index contributed by atoms with van der Waals surface area (Å²) in [5, 5.41) is 8.59. The minimum absolute atomic E-state index is 0.197. The molecular formula is C12H9BrN2O3. The van der Waals surface area contributed by atoms with Gasteiger partial charge >= 0.3 is 5.97 Å². The maximum atomic E-state index is 10.5. The number of aromatic nitrogens is 2. The van der Waals surface area contributed by atoms with Crippen molar-refractivity contribution >= 4 is 21.9 Å². The Kier molecular flexibility index (Phi) is 3.88. The lowest BCUT2D eigenvalue weighted by molar-refractivity contribution is -0.136. The summed E-state index contributed by atoms with van der Waals surface area (Å²) in [7, 11) is 0. The standard InChI is InChI=1S/C12H9BrN2O3/c13-8-2-1-3-9(4-8)18-10-6-14-11(15-7-10)5-12(16)17/h1-4,6-7H,5H2,(H,16,17). The summed E-state index contributed by atoms with van der Waals surface area (Å²) in [6.45, 7) is 0. The third kappa shape index (κ3) is 3.53. The van der Waals surface area contributed by atoms with Gasteiger partial charge in [-0.1, -0.05) is 22.0 Å². The number of aliphatic carboxylic acids is 1. The normalized spacial score (nSPS) is 10.1. The maximum Gasteiger partial charge on any atom is 0.311 e. The van der Waals surface area contributed by atoms with Crippen LogP contribution in [0.4, 0.5) is 0 Å². The second kappa shape index (κ2) is 5.59. The molecular weight excluding hydrogens is 300 g/mol. The Morgan fingerprint density at radius 3 is 2.61 bits per heavy atom. The monoisotopic (exact) mass is 308 g/mol. The molecule has 0 fully saturated rings. The van der Waals surface area contributed by atoms with Crippen LogP contribution in [0, 0.1) is 0 Å². The molecule has 0 aliphatic carbocycles. The number of ether oxygens (including phenoxy) is 1. The fourth-order valence-electron chi connectivity index (χ4n) is 1.29. The van der Waals surface area contributed by atoms with Gasteiger partial charge in [0.05, 0.1) is 12.4 Å². The van der Waals surface area contributed by atoms with Gasteiger partial charge in [-0.3, -0.25) is 4.79 Å². The van der Waals surface area contributed by atoms with Crippen molar-refractivity contribution in [2.45, 2.75) is 6.42 Å². The van der Waals surface area contributed by atoms with E-state index in [4.69, 9.17) is 9.84 Å². The molecule has 2 aromatic rings. The van der Waals surface area contributed by atoms with Gasteiger partial charge in [-0.2, -0.15) is 0 Å². The summed E-state index contributed by atoms with van der Waals surface area (Å²) in [4.78, 5) is 18.3. The van der Waals surface area contributed by atoms with Crippen LogP contribution in [0.15, 0.2) is 41.1 Å². The third-order valence-corrected chi connectivity index (χ3v) is 2.52. The molecule has 0 saturated carbocycles. The number of hydrogen-bond donors (Lipinski definition) is 1. The highest BCUT2D eigenvalue weighted by atomic mass is 79.9. The molecule has 1 N–H and O–H groups in total. The minimum Gasteiger partial charge on any atom is -0.481 e.